The summed E-state index contributed by atoms with van der Waals surface area (Å²) >= 11 is 0. The van der Waals surface area contributed by atoms with Gasteiger partial charge < -0.3 is 10.1 Å². The third-order valence-electron chi connectivity index (χ3n) is 3.03. The van der Waals surface area contributed by atoms with Crippen LogP contribution in [0, 0.1) is 5.82 Å². The number of hydrogen-bond donors (Lipinski definition) is 1. The third-order valence-corrected chi connectivity index (χ3v) is 3.03. The monoisotopic (exact) mass is 296 g/mol. The van der Waals surface area contributed by atoms with E-state index in [2.05, 4.69) is 10.1 Å². The summed E-state index contributed by atoms with van der Waals surface area (Å²) in [6, 6.07) is 4.36. The molecule has 0 spiro atoms. The first kappa shape index (κ1) is 17.1. The van der Waals surface area contributed by atoms with Gasteiger partial charge in [-0.1, -0.05) is 13.0 Å². The lowest BCUT2D eigenvalue weighted by Gasteiger charge is -2.20. The number of hydrogen-bond acceptors (Lipinski definition) is 4. The molecular formula is C15H21FN2O3. The number of nitrogens with one attached hydrogen (secondary N) is 1. The summed E-state index contributed by atoms with van der Waals surface area (Å²) in [6.07, 6.45) is 0. The van der Waals surface area contributed by atoms with E-state index in [4.69, 9.17) is 0 Å². The van der Waals surface area contributed by atoms with Crippen molar-refractivity contribution in [3.05, 3.63) is 35.1 Å². The van der Waals surface area contributed by atoms with Crippen LogP contribution in [0.4, 0.5) is 4.39 Å². The number of likely N-dealkylation sites (N-methyl/N-ethyl adjacent to an activating group) is 2. The molecule has 1 N–H and O–H groups in total. The van der Waals surface area contributed by atoms with E-state index in [1.165, 1.54) is 19.2 Å². The molecule has 0 radical (unpaired) electrons. The lowest BCUT2D eigenvalue weighted by molar-refractivity contribution is -0.122. The number of ether oxygens (including phenoxy) is 1. The van der Waals surface area contributed by atoms with Gasteiger partial charge in [0.05, 0.1) is 19.2 Å². The molecule has 116 valence electrons. The molecule has 0 heterocycles. The summed E-state index contributed by atoms with van der Waals surface area (Å²) in [5.41, 5.74) is 0.610. The van der Waals surface area contributed by atoms with E-state index in [0.717, 1.165) is 0 Å². The SMILES string of the molecule is CCNC(=O)CN(CC)Cc1ccc(C(=O)OC)c(F)c1. The Balaban J connectivity index is 2.75. The van der Waals surface area contributed by atoms with E-state index in [9.17, 15) is 14.0 Å². The molecule has 0 saturated carbocycles. The highest BCUT2D eigenvalue weighted by Crippen LogP contribution is 2.13. The molecule has 1 aromatic carbocycles. The fourth-order valence-corrected chi connectivity index (χ4v) is 1.93. The van der Waals surface area contributed by atoms with E-state index in [0.29, 0.717) is 25.2 Å². The van der Waals surface area contributed by atoms with Crippen molar-refractivity contribution in [1.29, 1.82) is 0 Å². The summed E-state index contributed by atoms with van der Waals surface area (Å²) in [7, 11) is 1.21. The van der Waals surface area contributed by atoms with Gasteiger partial charge >= 0.3 is 5.97 Å². The fourth-order valence-electron chi connectivity index (χ4n) is 1.93. The van der Waals surface area contributed by atoms with Gasteiger partial charge in [-0.3, -0.25) is 9.69 Å². The molecular weight excluding hydrogens is 275 g/mol. The predicted octanol–water partition coefficient (Wildman–Crippen LogP) is 1.57. The summed E-state index contributed by atoms with van der Waals surface area (Å²) in [5, 5.41) is 2.72. The second kappa shape index (κ2) is 8.36. The molecule has 0 fully saturated rings. The van der Waals surface area contributed by atoms with E-state index >= 15 is 0 Å². The highest BCUT2D eigenvalue weighted by atomic mass is 19.1. The molecule has 0 atom stereocenters. The highest BCUT2D eigenvalue weighted by Gasteiger charge is 2.14. The second-order valence-corrected chi connectivity index (χ2v) is 4.56. The number of benzene rings is 1. The number of esters is 1. The number of rotatable bonds is 7. The molecule has 0 bridgehead atoms. The van der Waals surface area contributed by atoms with Crippen LogP contribution in [0.5, 0.6) is 0 Å². The van der Waals surface area contributed by atoms with Gasteiger partial charge in [0.15, 0.2) is 0 Å². The standard InChI is InChI=1S/C15H21FN2O3/c1-4-17-14(19)10-18(5-2)9-11-6-7-12(13(16)8-11)15(20)21-3/h6-8H,4-5,9-10H2,1-3H3,(H,17,19). The molecule has 0 aliphatic carbocycles. The average molecular weight is 296 g/mol. The Hall–Kier alpha value is -1.95. The van der Waals surface area contributed by atoms with Crippen LogP contribution in [0.3, 0.4) is 0 Å². The van der Waals surface area contributed by atoms with Crippen molar-refractivity contribution in [2.45, 2.75) is 20.4 Å². The minimum absolute atomic E-state index is 0.0639. The Morgan fingerprint density at radius 2 is 2.05 bits per heavy atom. The van der Waals surface area contributed by atoms with Gasteiger partial charge in [0, 0.05) is 13.1 Å². The molecule has 0 aromatic heterocycles. The quantitative estimate of drug-likeness (QED) is 0.776. The maximum absolute atomic E-state index is 13.8. The molecule has 0 unspecified atom stereocenters. The summed E-state index contributed by atoms with van der Waals surface area (Å²) in [5.74, 6) is -1.38. The molecule has 0 saturated heterocycles. The largest absolute Gasteiger partial charge is 0.465 e. The minimum atomic E-state index is -0.700. The number of methoxy groups -OCH3 is 1. The zero-order valence-electron chi connectivity index (χ0n) is 12.6. The van der Waals surface area contributed by atoms with Crippen LogP contribution >= 0.6 is 0 Å². The van der Waals surface area contributed by atoms with Gasteiger partial charge in [0.2, 0.25) is 5.91 Å². The van der Waals surface area contributed by atoms with Gasteiger partial charge in [-0.15, -0.1) is 0 Å². The van der Waals surface area contributed by atoms with Crippen LogP contribution in [0.25, 0.3) is 0 Å². The van der Waals surface area contributed by atoms with Gasteiger partial charge in [-0.25, -0.2) is 9.18 Å². The van der Waals surface area contributed by atoms with E-state index < -0.39 is 11.8 Å². The van der Waals surface area contributed by atoms with Crippen molar-refractivity contribution in [3.63, 3.8) is 0 Å². The van der Waals surface area contributed by atoms with Gasteiger partial charge in [-0.2, -0.15) is 0 Å². The van der Waals surface area contributed by atoms with Crippen LogP contribution in [0.2, 0.25) is 0 Å². The summed E-state index contributed by atoms with van der Waals surface area (Å²) in [4.78, 5) is 24.8. The van der Waals surface area contributed by atoms with E-state index in [1.807, 2.05) is 18.7 Å². The van der Waals surface area contributed by atoms with Crippen molar-refractivity contribution >= 4 is 11.9 Å². The first-order valence-corrected chi connectivity index (χ1v) is 6.87. The first-order valence-electron chi connectivity index (χ1n) is 6.87. The minimum Gasteiger partial charge on any atom is -0.465 e. The second-order valence-electron chi connectivity index (χ2n) is 4.56. The van der Waals surface area contributed by atoms with Gasteiger partial charge in [0.1, 0.15) is 5.82 Å². The van der Waals surface area contributed by atoms with Crippen LogP contribution in [0.15, 0.2) is 18.2 Å². The maximum atomic E-state index is 13.8. The third kappa shape index (κ3) is 5.15. The summed E-state index contributed by atoms with van der Waals surface area (Å²) in [6.45, 7) is 5.72. The first-order chi connectivity index (χ1) is 10.0. The van der Waals surface area contributed by atoms with Crippen LogP contribution in [-0.4, -0.2) is 43.5 Å². The Kier molecular flexibility index (Phi) is 6.81. The normalized spacial score (nSPS) is 10.5. The zero-order chi connectivity index (χ0) is 15.8. The fraction of sp³-hybridized carbons (Fsp3) is 0.467. The van der Waals surface area contributed by atoms with Gasteiger partial charge in [0.25, 0.3) is 0 Å². The molecule has 1 aromatic rings. The molecule has 0 aliphatic heterocycles. The smallest absolute Gasteiger partial charge is 0.340 e. The summed E-state index contributed by atoms with van der Waals surface area (Å²) < 4.78 is 18.3. The van der Waals surface area contributed by atoms with E-state index in [-0.39, 0.29) is 18.0 Å². The number of carbonyl (C=O) groups is 2. The lowest BCUT2D eigenvalue weighted by atomic mass is 10.1. The topological polar surface area (TPSA) is 58.6 Å². The van der Waals surface area contributed by atoms with Crippen molar-refractivity contribution in [2.24, 2.45) is 0 Å². The molecule has 6 heteroatoms. The van der Waals surface area contributed by atoms with Crippen LogP contribution < -0.4 is 5.32 Å². The number of nitrogens with zero attached hydrogens (tertiary/aromatic N) is 1. The molecule has 5 nitrogen and oxygen atoms in total. The maximum Gasteiger partial charge on any atom is 0.340 e. The molecule has 1 amide bonds. The van der Waals surface area contributed by atoms with Crippen molar-refractivity contribution < 1.29 is 18.7 Å². The number of carbonyl (C=O) groups excluding carboxylic acids is 2. The zero-order valence-corrected chi connectivity index (χ0v) is 12.6. The van der Waals surface area contributed by atoms with Crippen LogP contribution in [-0.2, 0) is 16.1 Å². The highest BCUT2D eigenvalue weighted by molar-refractivity contribution is 5.89. The van der Waals surface area contributed by atoms with E-state index in [1.54, 1.807) is 6.07 Å². The Bertz CT molecular complexity index is 506. The Labute approximate surface area is 124 Å². The molecule has 1 rings (SSSR count). The van der Waals surface area contributed by atoms with Crippen molar-refractivity contribution in [3.8, 4) is 0 Å². The Morgan fingerprint density at radius 1 is 1.33 bits per heavy atom. The lowest BCUT2D eigenvalue weighted by Crippen LogP contribution is -2.36. The molecule has 0 aliphatic rings. The Morgan fingerprint density at radius 3 is 2.57 bits per heavy atom. The average Bonchev–Trinajstić information content (AvgIpc) is 2.46. The number of amides is 1. The number of halogens is 1. The van der Waals surface area contributed by atoms with Crippen molar-refractivity contribution in [1.82, 2.24) is 10.2 Å². The molecule has 21 heavy (non-hydrogen) atoms. The predicted molar refractivity (Wildman–Crippen MR) is 77.4 cm³/mol. The van der Waals surface area contributed by atoms with Crippen LogP contribution in [0.1, 0.15) is 29.8 Å². The van der Waals surface area contributed by atoms with Gasteiger partial charge in [-0.05, 0) is 31.2 Å². The van der Waals surface area contributed by atoms with Crippen molar-refractivity contribution in [2.75, 3.05) is 26.7 Å².